The Balaban J connectivity index is 0. The second-order valence-corrected chi connectivity index (χ2v) is 0. The Kier molecular flexibility index (Phi) is 253. The molecule has 0 radical (unpaired) electrons. The molecule has 4 heavy (non-hydrogen) atoms. The van der Waals surface area contributed by atoms with E-state index < -0.39 is 0 Å². The van der Waals surface area contributed by atoms with Crippen molar-refractivity contribution in [1.29, 1.82) is 0 Å². The van der Waals surface area contributed by atoms with Crippen LogP contribution in [0.3, 0.4) is 0 Å². The van der Waals surface area contributed by atoms with E-state index in [4.69, 9.17) is 0 Å². The third-order valence-electron chi connectivity index (χ3n) is 0. The molecule has 0 fully saturated rings. The van der Waals surface area contributed by atoms with Crippen LogP contribution < -0.4 is 17.0 Å². The quantitative estimate of drug-likeness (QED) is 0.315. The van der Waals surface area contributed by atoms with Gasteiger partial charge in [-0.25, -0.2) is 0 Å². The van der Waals surface area contributed by atoms with Gasteiger partial charge >= 0.3 is 37.7 Å². The van der Waals surface area contributed by atoms with Crippen molar-refractivity contribution in [3.8, 4) is 0 Å². The van der Waals surface area contributed by atoms with E-state index in [2.05, 4.69) is 0 Å². The molecule has 0 saturated carbocycles. The zero-order valence-electron chi connectivity index (χ0n) is 2.09. The van der Waals surface area contributed by atoms with Gasteiger partial charge in [0, 0.05) is 0 Å². The Bertz CT molecular complexity index is 6.00. The molecule has 0 saturated heterocycles. The summed E-state index contributed by atoms with van der Waals surface area (Å²) < 4.78 is 0. The van der Waals surface area contributed by atoms with Gasteiger partial charge in [-0.2, -0.15) is 0 Å². The van der Waals surface area contributed by atoms with Gasteiger partial charge in [0.05, 0.1) is 0 Å². The van der Waals surface area contributed by atoms with Gasteiger partial charge in [-0.1, -0.05) is 0 Å². The maximum atomic E-state index is 0. The van der Waals surface area contributed by atoms with Crippen LogP contribution in [-0.2, 0) is 0 Å². The van der Waals surface area contributed by atoms with Crippen LogP contribution in [0.15, 0.2) is 0 Å². The molecule has 0 aromatic heterocycles. The molecule has 0 unspecified atom stereocenters. The van der Waals surface area contributed by atoms with Gasteiger partial charge in [0.25, 0.3) is 0 Å². The Morgan fingerprint density at radius 2 is 0.750 bits per heavy atom. The van der Waals surface area contributed by atoms with Crippen molar-refractivity contribution in [2.45, 2.75) is 0 Å². The maximum absolute atomic E-state index is 0. The Labute approximate surface area is 65.0 Å². The van der Waals surface area contributed by atoms with Crippen LogP contribution in [0.25, 0.3) is 0 Å². The minimum absolute atomic E-state index is 0. The molecule has 24 valence electrons. The first-order chi connectivity index (χ1) is 0. The largest absolute Gasteiger partial charge is 2.00 e. The summed E-state index contributed by atoms with van der Waals surface area (Å²) in [5, 5.41) is 0. The molecule has 0 spiro atoms. The second kappa shape index (κ2) is 22.7. The predicted octanol–water partition coefficient (Wildman–Crippen LogP) is -5.03. The normalized spacial score (nSPS) is 0. The monoisotopic (exact) mass is 155 g/mol. The molecule has 0 rings (SSSR count). The summed E-state index contributed by atoms with van der Waals surface area (Å²) in [5.41, 5.74) is 0. The molecule has 0 amide bonds. The molecular formula is H4BrCaO2+. The Morgan fingerprint density at radius 3 is 0.750 bits per heavy atom. The summed E-state index contributed by atoms with van der Waals surface area (Å²) in [5.74, 6) is 0. The van der Waals surface area contributed by atoms with E-state index in [-0.39, 0.29) is 65.7 Å². The zero-order chi connectivity index (χ0) is 0. The number of halogens is 1. The van der Waals surface area contributed by atoms with Crippen LogP contribution >= 0.6 is 0 Å². The van der Waals surface area contributed by atoms with Crippen LogP contribution in [0.1, 0.15) is 0 Å². The van der Waals surface area contributed by atoms with Gasteiger partial charge < -0.3 is 27.9 Å². The predicted molar refractivity (Wildman–Crippen MR) is 13.0 cm³/mol. The van der Waals surface area contributed by atoms with Crippen molar-refractivity contribution in [3.05, 3.63) is 0 Å². The first kappa shape index (κ1) is 44.6. The summed E-state index contributed by atoms with van der Waals surface area (Å²) in [7, 11) is 0. The van der Waals surface area contributed by atoms with Crippen LogP contribution in [0.4, 0.5) is 0 Å². The van der Waals surface area contributed by atoms with Gasteiger partial charge in [0.2, 0.25) is 0 Å². The SMILES string of the molecule is O.O.[Br-].[Ca+2]. The van der Waals surface area contributed by atoms with E-state index in [1.54, 1.807) is 0 Å². The topological polar surface area (TPSA) is 63.0 Å². The van der Waals surface area contributed by atoms with Crippen molar-refractivity contribution in [1.82, 2.24) is 0 Å². The van der Waals surface area contributed by atoms with Crippen LogP contribution in [0, 0.1) is 0 Å². The zero-order valence-corrected chi connectivity index (χ0v) is 5.88. The van der Waals surface area contributed by atoms with E-state index in [1.807, 2.05) is 0 Å². The fraction of sp³-hybridized carbons (Fsp3) is 0. The van der Waals surface area contributed by atoms with E-state index >= 15 is 0 Å². The maximum Gasteiger partial charge on any atom is 2.00 e. The van der Waals surface area contributed by atoms with Crippen LogP contribution in [0.5, 0.6) is 0 Å². The smallest absolute Gasteiger partial charge is 1.00 e. The van der Waals surface area contributed by atoms with E-state index in [9.17, 15) is 0 Å². The molecule has 0 heterocycles. The number of hydrogen-bond acceptors (Lipinski definition) is 0. The molecule has 0 atom stereocenters. The molecule has 4 heteroatoms. The Morgan fingerprint density at radius 1 is 0.750 bits per heavy atom. The minimum Gasteiger partial charge on any atom is -1.00 e. The molecule has 0 aliphatic carbocycles. The molecule has 0 bridgehead atoms. The standard InChI is InChI=1S/BrH.Ca.2H2O/h1H;;2*1H2/q;+2;;/p-1. The molecule has 0 aromatic rings. The van der Waals surface area contributed by atoms with Crippen molar-refractivity contribution in [3.63, 3.8) is 0 Å². The summed E-state index contributed by atoms with van der Waals surface area (Å²) >= 11 is 0. The van der Waals surface area contributed by atoms with E-state index in [0.717, 1.165) is 0 Å². The number of hydrogen-bond donors (Lipinski definition) is 0. The molecule has 0 aliphatic heterocycles. The Hall–Kier alpha value is 1.66. The average molecular weight is 156 g/mol. The summed E-state index contributed by atoms with van der Waals surface area (Å²) in [4.78, 5) is 0. The van der Waals surface area contributed by atoms with Gasteiger partial charge in [0.15, 0.2) is 0 Å². The molecule has 0 aliphatic rings. The fourth-order valence-electron chi connectivity index (χ4n) is 0. The van der Waals surface area contributed by atoms with Crippen LogP contribution in [-0.4, -0.2) is 48.7 Å². The molecular weight excluding hydrogens is 152 g/mol. The summed E-state index contributed by atoms with van der Waals surface area (Å²) in [6, 6.07) is 0. The fourth-order valence-corrected chi connectivity index (χ4v) is 0. The summed E-state index contributed by atoms with van der Waals surface area (Å²) in [6.07, 6.45) is 0. The van der Waals surface area contributed by atoms with Gasteiger partial charge in [-0.15, -0.1) is 0 Å². The van der Waals surface area contributed by atoms with E-state index in [0.29, 0.717) is 0 Å². The van der Waals surface area contributed by atoms with Gasteiger partial charge in [-0.05, 0) is 0 Å². The van der Waals surface area contributed by atoms with Gasteiger partial charge in [-0.3, -0.25) is 0 Å². The minimum atomic E-state index is 0. The van der Waals surface area contributed by atoms with Crippen molar-refractivity contribution in [2.24, 2.45) is 0 Å². The first-order valence-electron chi connectivity index (χ1n) is 0. The van der Waals surface area contributed by atoms with Crippen LogP contribution in [0.2, 0.25) is 0 Å². The summed E-state index contributed by atoms with van der Waals surface area (Å²) in [6.45, 7) is 0. The molecule has 4 N–H and O–H groups in total. The van der Waals surface area contributed by atoms with Gasteiger partial charge in [0.1, 0.15) is 0 Å². The van der Waals surface area contributed by atoms with Crippen molar-refractivity contribution >= 4 is 37.7 Å². The first-order valence-corrected chi connectivity index (χ1v) is 0. The third kappa shape index (κ3) is 9.40. The average Bonchev–Trinajstić information content (AvgIpc) is 0. The van der Waals surface area contributed by atoms with Crippen molar-refractivity contribution < 1.29 is 27.9 Å². The second-order valence-electron chi connectivity index (χ2n) is 0. The molecule has 2 nitrogen and oxygen atoms in total. The molecule has 0 aromatic carbocycles. The number of rotatable bonds is 0. The van der Waals surface area contributed by atoms with Crippen molar-refractivity contribution in [2.75, 3.05) is 0 Å². The third-order valence-corrected chi connectivity index (χ3v) is 0. The van der Waals surface area contributed by atoms with E-state index in [1.165, 1.54) is 0 Å².